The third-order valence-electron chi connectivity index (χ3n) is 4.95. The molecule has 0 spiro atoms. The van der Waals surface area contributed by atoms with Crippen LogP contribution in [0.1, 0.15) is 16.7 Å². The van der Waals surface area contributed by atoms with Crippen molar-refractivity contribution in [1.29, 1.82) is 0 Å². The summed E-state index contributed by atoms with van der Waals surface area (Å²) in [6, 6.07) is 17.2. The summed E-state index contributed by atoms with van der Waals surface area (Å²) in [5.41, 5.74) is 2.61. The Balaban J connectivity index is 1.74. The van der Waals surface area contributed by atoms with E-state index in [9.17, 15) is 18.4 Å². The van der Waals surface area contributed by atoms with Gasteiger partial charge in [-0.3, -0.25) is 14.5 Å². The molecule has 4 rings (SSSR count). The van der Waals surface area contributed by atoms with Gasteiger partial charge in [-0.25, -0.2) is 8.78 Å². The van der Waals surface area contributed by atoms with Crippen molar-refractivity contribution in [3.05, 3.63) is 106 Å². The van der Waals surface area contributed by atoms with E-state index >= 15 is 0 Å². The Hall–Kier alpha value is -3.51. The molecule has 156 valence electrons. The summed E-state index contributed by atoms with van der Waals surface area (Å²) < 4.78 is 27.0. The minimum atomic E-state index is -1.06. The van der Waals surface area contributed by atoms with E-state index in [2.05, 4.69) is 5.32 Å². The maximum absolute atomic E-state index is 13.7. The van der Waals surface area contributed by atoms with E-state index in [0.29, 0.717) is 10.6 Å². The summed E-state index contributed by atoms with van der Waals surface area (Å²) in [5.74, 6) is -3.09. The van der Waals surface area contributed by atoms with Gasteiger partial charge in [-0.05, 0) is 42.3 Å². The summed E-state index contributed by atoms with van der Waals surface area (Å²) in [5, 5.41) is 3.36. The Bertz CT molecular complexity index is 1210. The van der Waals surface area contributed by atoms with Crippen molar-refractivity contribution >= 4 is 34.7 Å². The third kappa shape index (κ3) is 4.20. The molecule has 3 aromatic rings. The molecule has 31 heavy (non-hydrogen) atoms. The molecule has 1 heterocycles. The fraction of sp³-hybridized carbons (Fsp3) is 0.0833. The molecule has 0 aliphatic carbocycles. The van der Waals surface area contributed by atoms with Crippen LogP contribution in [-0.4, -0.2) is 16.7 Å². The van der Waals surface area contributed by atoms with Gasteiger partial charge < -0.3 is 5.32 Å². The molecule has 0 unspecified atom stereocenters. The molecule has 0 fully saturated rings. The van der Waals surface area contributed by atoms with E-state index < -0.39 is 23.4 Å². The molecule has 1 aliphatic rings. The van der Waals surface area contributed by atoms with Crippen molar-refractivity contribution in [2.45, 2.75) is 13.5 Å². The molecule has 0 aromatic heterocycles. The summed E-state index contributed by atoms with van der Waals surface area (Å²) in [6.07, 6.45) is 0. The lowest BCUT2D eigenvalue weighted by atomic mass is 10.0. The molecule has 0 saturated carbocycles. The zero-order chi connectivity index (χ0) is 22.1. The van der Waals surface area contributed by atoms with Gasteiger partial charge in [0.25, 0.3) is 11.8 Å². The maximum Gasteiger partial charge on any atom is 0.278 e. The zero-order valence-corrected chi connectivity index (χ0v) is 17.2. The average Bonchev–Trinajstić information content (AvgIpc) is 2.97. The van der Waals surface area contributed by atoms with Gasteiger partial charge in [-0.15, -0.1) is 0 Å². The second kappa shape index (κ2) is 8.32. The Kier molecular flexibility index (Phi) is 5.57. The van der Waals surface area contributed by atoms with Crippen LogP contribution in [0.5, 0.6) is 0 Å². The molecule has 0 radical (unpaired) electrons. The molecule has 1 N–H and O–H groups in total. The predicted molar refractivity (Wildman–Crippen MR) is 115 cm³/mol. The summed E-state index contributed by atoms with van der Waals surface area (Å²) in [6.45, 7) is 1.96. The number of anilines is 1. The summed E-state index contributed by atoms with van der Waals surface area (Å²) >= 11 is 5.92. The fourth-order valence-electron chi connectivity index (χ4n) is 3.31. The Morgan fingerprint density at radius 2 is 1.55 bits per heavy atom. The molecule has 4 nitrogen and oxygen atoms in total. The first kappa shape index (κ1) is 20.8. The highest BCUT2D eigenvalue weighted by atomic mass is 35.5. The van der Waals surface area contributed by atoms with Crippen molar-refractivity contribution in [3.63, 3.8) is 0 Å². The topological polar surface area (TPSA) is 49.4 Å². The van der Waals surface area contributed by atoms with Crippen LogP contribution in [0.25, 0.3) is 5.57 Å². The predicted octanol–water partition coefficient (Wildman–Crippen LogP) is 5.32. The highest BCUT2D eigenvalue weighted by molar-refractivity contribution is 6.36. The van der Waals surface area contributed by atoms with Crippen LogP contribution in [0.3, 0.4) is 0 Å². The van der Waals surface area contributed by atoms with Crippen LogP contribution in [0, 0.1) is 18.6 Å². The van der Waals surface area contributed by atoms with Crippen molar-refractivity contribution in [1.82, 2.24) is 4.90 Å². The van der Waals surface area contributed by atoms with Gasteiger partial charge in [0.2, 0.25) is 0 Å². The monoisotopic (exact) mass is 438 g/mol. The minimum absolute atomic E-state index is 0.00817. The second-order valence-electron chi connectivity index (χ2n) is 7.19. The number of aryl methyl sites for hydroxylation is 1. The number of rotatable bonds is 5. The molecular formula is C24H17ClF2N2O2. The number of hydrogen-bond donors (Lipinski definition) is 1. The van der Waals surface area contributed by atoms with Gasteiger partial charge in [0.1, 0.15) is 5.70 Å². The molecule has 0 bridgehead atoms. The number of hydrogen-bond acceptors (Lipinski definition) is 3. The van der Waals surface area contributed by atoms with Crippen LogP contribution in [0.4, 0.5) is 14.5 Å². The number of nitrogens with zero attached hydrogens (tertiary/aromatic N) is 1. The van der Waals surface area contributed by atoms with Crippen molar-refractivity contribution in [3.8, 4) is 0 Å². The van der Waals surface area contributed by atoms with Gasteiger partial charge >= 0.3 is 0 Å². The first-order chi connectivity index (χ1) is 14.8. The zero-order valence-electron chi connectivity index (χ0n) is 16.5. The van der Waals surface area contributed by atoms with Crippen LogP contribution < -0.4 is 5.32 Å². The quantitative estimate of drug-likeness (QED) is 0.548. The summed E-state index contributed by atoms with van der Waals surface area (Å²) in [7, 11) is 0. The standard InChI is InChI=1S/C24H17ClF2N2O2/c1-14-2-6-16(7-3-14)21-22(28-18-10-11-19(26)20(27)12-18)24(31)29(23(21)30)13-15-4-8-17(25)9-5-15/h2-12,28H,13H2,1H3. The van der Waals surface area contributed by atoms with E-state index in [1.54, 1.807) is 36.4 Å². The first-order valence-electron chi connectivity index (χ1n) is 9.47. The first-order valence-corrected chi connectivity index (χ1v) is 9.85. The largest absolute Gasteiger partial charge is 0.350 e. The average molecular weight is 439 g/mol. The van der Waals surface area contributed by atoms with E-state index in [-0.39, 0.29) is 23.5 Å². The molecule has 3 aromatic carbocycles. The second-order valence-corrected chi connectivity index (χ2v) is 7.63. The van der Waals surface area contributed by atoms with Gasteiger partial charge in [0.15, 0.2) is 11.6 Å². The van der Waals surface area contributed by atoms with Gasteiger partial charge in [0.05, 0.1) is 12.1 Å². The number of carbonyl (C=O) groups excluding carboxylic acids is 2. The number of imide groups is 1. The third-order valence-corrected chi connectivity index (χ3v) is 5.20. The molecule has 1 aliphatic heterocycles. The molecule has 7 heteroatoms. The molecule has 2 amide bonds. The number of carbonyl (C=O) groups is 2. The lowest BCUT2D eigenvalue weighted by Crippen LogP contribution is -2.32. The van der Waals surface area contributed by atoms with Crippen molar-refractivity contribution in [2.75, 3.05) is 5.32 Å². The fourth-order valence-corrected chi connectivity index (χ4v) is 3.44. The minimum Gasteiger partial charge on any atom is -0.350 e. The van der Waals surface area contributed by atoms with E-state index in [1.807, 2.05) is 19.1 Å². The Morgan fingerprint density at radius 3 is 2.19 bits per heavy atom. The van der Waals surface area contributed by atoms with E-state index in [4.69, 9.17) is 11.6 Å². The number of nitrogens with one attached hydrogen (secondary N) is 1. The van der Waals surface area contributed by atoms with Crippen molar-refractivity contribution in [2.24, 2.45) is 0 Å². The number of benzene rings is 3. The smallest absolute Gasteiger partial charge is 0.278 e. The number of halogens is 3. The number of amides is 2. The molecule has 0 saturated heterocycles. The van der Waals surface area contributed by atoms with E-state index in [1.165, 1.54) is 6.07 Å². The Labute approximate surface area is 182 Å². The molecular weight excluding hydrogens is 422 g/mol. The maximum atomic E-state index is 13.7. The Morgan fingerprint density at radius 1 is 0.871 bits per heavy atom. The van der Waals surface area contributed by atoms with E-state index in [0.717, 1.165) is 28.2 Å². The van der Waals surface area contributed by atoms with Crippen LogP contribution >= 0.6 is 11.6 Å². The lowest BCUT2D eigenvalue weighted by molar-refractivity contribution is -0.137. The van der Waals surface area contributed by atoms with Crippen LogP contribution in [-0.2, 0) is 16.1 Å². The SMILES string of the molecule is Cc1ccc(C2=C(Nc3ccc(F)c(F)c3)C(=O)N(Cc3ccc(Cl)cc3)C2=O)cc1. The van der Waals surface area contributed by atoms with Gasteiger partial charge in [-0.2, -0.15) is 0 Å². The van der Waals surface area contributed by atoms with Crippen LogP contribution in [0.15, 0.2) is 72.4 Å². The highest BCUT2D eigenvalue weighted by Gasteiger charge is 2.39. The van der Waals surface area contributed by atoms with Gasteiger partial charge in [0, 0.05) is 16.8 Å². The lowest BCUT2D eigenvalue weighted by Gasteiger charge is -2.15. The normalized spacial score (nSPS) is 13.9. The summed E-state index contributed by atoms with van der Waals surface area (Å²) in [4.78, 5) is 27.5. The highest BCUT2D eigenvalue weighted by Crippen LogP contribution is 2.32. The van der Waals surface area contributed by atoms with Gasteiger partial charge in [-0.1, -0.05) is 53.6 Å². The molecule has 0 atom stereocenters. The van der Waals surface area contributed by atoms with Crippen molar-refractivity contribution < 1.29 is 18.4 Å². The van der Waals surface area contributed by atoms with Crippen LogP contribution in [0.2, 0.25) is 5.02 Å².